The van der Waals surface area contributed by atoms with Gasteiger partial charge in [0, 0.05) is 19.7 Å². The third kappa shape index (κ3) is 3.61. The maximum atomic E-state index is 13.8. The quantitative estimate of drug-likeness (QED) is 0.713. The SMILES string of the molecule is COCC(C)NCC1(F)CCCC1. The molecule has 1 saturated carbocycles. The number of hydrogen-bond acceptors (Lipinski definition) is 2. The molecule has 1 N–H and O–H groups in total. The molecule has 0 saturated heterocycles. The highest BCUT2D eigenvalue weighted by molar-refractivity contribution is 4.87. The van der Waals surface area contributed by atoms with E-state index in [-0.39, 0.29) is 6.04 Å². The summed E-state index contributed by atoms with van der Waals surface area (Å²) < 4.78 is 18.8. The zero-order valence-electron chi connectivity index (χ0n) is 8.61. The first-order chi connectivity index (χ1) is 6.16. The second kappa shape index (κ2) is 4.91. The van der Waals surface area contributed by atoms with Crippen LogP contribution in [0.1, 0.15) is 32.6 Å². The van der Waals surface area contributed by atoms with Crippen molar-refractivity contribution in [2.24, 2.45) is 0 Å². The molecular formula is C10H20FNO. The summed E-state index contributed by atoms with van der Waals surface area (Å²) in [6, 6.07) is 0.248. The number of rotatable bonds is 5. The zero-order chi connectivity index (χ0) is 9.73. The van der Waals surface area contributed by atoms with Gasteiger partial charge < -0.3 is 10.1 Å². The summed E-state index contributed by atoms with van der Waals surface area (Å²) in [6.45, 7) is 3.15. The summed E-state index contributed by atoms with van der Waals surface area (Å²) in [5.41, 5.74) is -0.942. The van der Waals surface area contributed by atoms with Crippen LogP contribution >= 0.6 is 0 Å². The summed E-state index contributed by atoms with van der Waals surface area (Å²) in [6.07, 6.45) is 3.52. The van der Waals surface area contributed by atoms with Crippen molar-refractivity contribution < 1.29 is 9.13 Å². The predicted octanol–water partition coefficient (Wildman–Crippen LogP) is 1.89. The largest absolute Gasteiger partial charge is 0.383 e. The minimum atomic E-state index is -0.942. The van der Waals surface area contributed by atoms with E-state index in [9.17, 15) is 4.39 Å². The van der Waals surface area contributed by atoms with E-state index in [1.807, 2.05) is 6.92 Å². The first-order valence-corrected chi connectivity index (χ1v) is 5.07. The van der Waals surface area contributed by atoms with E-state index in [0.29, 0.717) is 13.2 Å². The number of alkyl halides is 1. The van der Waals surface area contributed by atoms with E-state index in [1.165, 1.54) is 0 Å². The Morgan fingerprint density at radius 1 is 1.46 bits per heavy atom. The summed E-state index contributed by atoms with van der Waals surface area (Å²) in [7, 11) is 1.67. The Hall–Kier alpha value is -0.150. The highest BCUT2D eigenvalue weighted by atomic mass is 19.1. The second-order valence-electron chi connectivity index (χ2n) is 4.10. The van der Waals surface area contributed by atoms with E-state index in [4.69, 9.17) is 4.74 Å². The van der Waals surface area contributed by atoms with Gasteiger partial charge in [-0.1, -0.05) is 12.8 Å². The standard InChI is InChI=1S/C10H20FNO/c1-9(7-13-2)12-8-10(11)5-3-4-6-10/h9,12H,3-8H2,1-2H3. The molecule has 1 fully saturated rings. The molecule has 78 valence electrons. The number of hydrogen-bond donors (Lipinski definition) is 1. The lowest BCUT2D eigenvalue weighted by Gasteiger charge is -2.22. The first kappa shape index (κ1) is 10.9. The third-order valence-corrected chi connectivity index (χ3v) is 2.68. The average Bonchev–Trinajstić information content (AvgIpc) is 2.51. The van der Waals surface area contributed by atoms with Gasteiger partial charge in [-0.25, -0.2) is 4.39 Å². The summed E-state index contributed by atoms with van der Waals surface area (Å²) in [5, 5.41) is 3.17. The highest BCUT2D eigenvalue weighted by Crippen LogP contribution is 2.32. The van der Waals surface area contributed by atoms with Crippen molar-refractivity contribution in [3.8, 4) is 0 Å². The highest BCUT2D eigenvalue weighted by Gasteiger charge is 2.33. The van der Waals surface area contributed by atoms with E-state index in [1.54, 1.807) is 7.11 Å². The molecule has 0 aromatic heterocycles. The molecule has 1 aliphatic carbocycles. The molecule has 1 atom stereocenters. The van der Waals surface area contributed by atoms with Crippen molar-refractivity contribution >= 4 is 0 Å². The molecule has 0 heterocycles. The number of methoxy groups -OCH3 is 1. The molecule has 1 unspecified atom stereocenters. The van der Waals surface area contributed by atoms with E-state index >= 15 is 0 Å². The van der Waals surface area contributed by atoms with Gasteiger partial charge in [0.05, 0.1) is 6.61 Å². The Kier molecular flexibility index (Phi) is 4.13. The van der Waals surface area contributed by atoms with Gasteiger partial charge in [-0.2, -0.15) is 0 Å². The van der Waals surface area contributed by atoms with E-state index < -0.39 is 5.67 Å². The number of halogens is 1. The lowest BCUT2D eigenvalue weighted by molar-refractivity contribution is 0.136. The molecule has 2 nitrogen and oxygen atoms in total. The third-order valence-electron chi connectivity index (χ3n) is 2.68. The molecule has 0 aliphatic heterocycles. The van der Waals surface area contributed by atoms with Gasteiger partial charge in [0.2, 0.25) is 0 Å². The van der Waals surface area contributed by atoms with Gasteiger partial charge in [-0.15, -0.1) is 0 Å². The molecule has 0 aromatic carbocycles. The first-order valence-electron chi connectivity index (χ1n) is 5.07. The predicted molar refractivity (Wildman–Crippen MR) is 51.6 cm³/mol. The van der Waals surface area contributed by atoms with Crippen LogP contribution < -0.4 is 5.32 Å². The van der Waals surface area contributed by atoms with Gasteiger partial charge in [0.1, 0.15) is 5.67 Å². The van der Waals surface area contributed by atoms with E-state index in [0.717, 1.165) is 25.7 Å². The van der Waals surface area contributed by atoms with Crippen molar-refractivity contribution in [3.63, 3.8) is 0 Å². The molecule has 0 bridgehead atoms. The van der Waals surface area contributed by atoms with Gasteiger partial charge in [-0.3, -0.25) is 0 Å². The van der Waals surface area contributed by atoms with Crippen molar-refractivity contribution in [1.29, 1.82) is 0 Å². The summed E-state index contributed by atoms with van der Waals surface area (Å²) in [4.78, 5) is 0. The fraction of sp³-hybridized carbons (Fsp3) is 1.00. The van der Waals surface area contributed by atoms with Crippen LogP contribution in [0.25, 0.3) is 0 Å². The molecule has 1 aliphatic rings. The average molecular weight is 189 g/mol. The fourth-order valence-corrected chi connectivity index (χ4v) is 1.85. The second-order valence-corrected chi connectivity index (χ2v) is 4.10. The lowest BCUT2D eigenvalue weighted by atomic mass is 10.0. The molecule has 0 radical (unpaired) electrons. The molecule has 0 aromatic rings. The Morgan fingerprint density at radius 2 is 2.08 bits per heavy atom. The molecule has 13 heavy (non-hydrogen) atoms. The minimum Gasteiger partial charge on any atom is -0.383 e. The van der Waals surface area contributed by atoms with Crippen LogP contribution in [0.3, 0.4) is 0 Å². The van der Waals surface area contributed by atoms with Gasteiger partial charge in [-0.05, 0) is 19.8 Å². The molecular weight excluding hydrogens is 169 g/mol. The Bertz CT molecular complexity index is 146. The van der Waals surface area contributed by atoms with Crippen molar-refractivity contribution in [1.82, 2.24) is 5.32 Å². The zero-order valence-corrected chi connectivity index (χ0v) is 8.61. The lowest BCUT2D eigenvalue weighted by Crippen LogP contribution is -2.40. The van der Waals surface area contributed by atoms with Gasteiger partial charge >= 0.3 is 0 Å². The topological polar surface area (TPSA) is 21.3 Å². The van der Waals surface area contributed by atoms with Gasteiger partial charge in [0.15, 0.2) is 0 Å². The monoisotopic (exact) mass is 189 g/mol. The Labute approximate surface area is 79.8 Å². The van der Waals surface area contributed by atoms with E-state index in [2.05, 4.69) is 5.32 Å². The van der Waals surface area contributed by atoms with Crippen LogP contribution in [0.4, 0.5) is 4.39 Å². The van der Waals surface area contributed by atoms with Crippen LogP contribution in [-0.2, 0) is 4.74 Å². The van der Waals surface area contributed by atoms with Crippen LogP contribution in [0, 0.1) is 0 Å². The van der Waals surface area contributed by atoms with Crippen LogP contribution in [0.2, 0.25) is 0 Å². The number of nitrogens with one attached hydrogen (secondary N) is 1. The smallest absolute Gasteiger partial charge is 0.123 e. The number of ether oxygens (including phenoxy) is 1. The summed E-state index contributed by atoms with van der Waals surface area (Å²) in [5.74, 6) is 0. The van der Waals surface area contributed by atoms with Crippen molar-refractivity contribution in [2.75, 3.05) is 20.3 Å². The van der Waals surface area contributed by atoms with Crippen LogP contribution in [-0.4, -0.2) is 32.0 Å². The van der Waals surface area contributed by atoms with Crippen molar-refractivity contribution in [2.45, 2.75) is 44.3 Å². The van der Waals surface area contributed by atoms with Crippen LogP contribution in [0.15, 0.2) is 0 Å². The Morgan fingerprint density at radius 3 is 2.62 bits per heavy atom. The molecule has 0 amide bonds. The molecule has 1 rings (SSSR count). The Balaban J connectivity index is 2.17. The minimum absolute atomic E-state index is 0.248. The van der Waals surface area contributed by atoms with Crippen molar-refractivity contribution in [3.05, 3.63) is 0 Å². The maximum absolute atomic E-state index is 13.8. The maximum Gasteiger partial charge on any atom is 0.123 e. The van der Waals surface area contributed by atoms with Gasteiger partial charge in [0.25, 0.3) is 0 Å². The molecule has 0 spiro atoms. The summed E-state index contributed by atoms with van der Waals surface area (Å²) >= 11 is 0. The fourth-order valence-electron chi connectivity index (χ4n) is 1.85. The molecule has 3 heteroatoms. The van der Waals surface area contributed by atoms with Crippen LogP contribution in [0.5, 0.6) is 0 Å². The normalized spacial score (nSPS) is 23.3.